The summed E-state index contributed by atoms with van der Waals surface area (Å²) in [6.45, 7) is 3.65. The number of para-hydroxylation sites is 2. The Morgan fingerprint density at radius 2 is 1.93 bits per heavy atom. The summed E-state index contributed by atoms with van der Waals surface area (Å²) >= 11 is 0. The molecular formula is C25H23N3O2. The lowest BCUT2D eigenvalue weighted by atomic mass is 9.80. The van der Waals surface area contributed by atoms with Crippen LogP contribution < -0.4 is 10.6 Å². The minimum atomic E-state index is -0.491. The van der Waals surface area contributed by atoms with Crippen molar-refractivity contribution in [1.82, 2.24) is 9.88 Å². The van der Waals surface area contributed by atoms with Crippen molar-refractivity contribution >= 4 is 34.0 Å². The molecule has 2 unspecified atom stereocenters. The van der Waals surface area contributed by atoms with E-state index in [1.165, 1.54) is 11.1 Å². The van der Waals surface area contributed by atoms with E-state index < -0.39 is 11.8 Å². The standard InChI is InChI=1S/C25H23N3O2/c1-14(18-12-26-20-10-3-2-8-16(18)20)21-22(25(30)27-24(21)29)19-13-28-11-5-7-15-6-4-9-17(19)23(15)28/h2-4,6,8-10,13,21-22,26H,5,7,11-12H2,1H3,(H,27,29,30). The molecule has 0 saturated carbocycles. The number of amides is 2. The van der Waals surface area contributed by atoms with Gasteiger partial charge >= 0.3 is 0 Å². The van der Waals surface area contributed by atoms with E-state index >= 15 is 0 Å². The molecule has 1 aromatic heterocycles. The summed E-state index contributed by atoms with van der Waals surface area (Å²) in [6.07, 6.45) is 4.28. The van der Waals surface area contributed by atoms with Gasteiger partial charge in [-0.05, 0) is 42.5 Å². The number of aromatic nitrogens is 1. The maximum Gasteiger partial charge on any atom is 0.235 e. The van der Waals surface area contributed by atoms with Crippen LogP contribution in [0.1, 0.15) is 36.0 Å². The number of aryl methyl sites for hydroxylation is 2. The maximum atomic E-state index is 13.0. The Balaban J connectivity index is 1.52. The molecule has 0 radical (unpaired) electrons. The molecule has 2 N–H and O–H groups in total. The summed E-state index contributed by atoms with van der Waals surface area (Å²) in [5.74, 6) is -1.35. The molecule has 3 aliphatic rings. The van der Waals surface area contributed by atoms with Crippen LogP contribution in [0.15, 0.2) is 54.2 Å². The van der Waals surface area contributed by atoms with Gasteiger partial charge in [-0.3, -0.25) is 14.9 Å². The quantitative estimate of drug-likeness (QED) is 0.646. The van der Waals surface area contributed by atoms with Crippen LogP contribution >= 0.6 is 0 Å². The van der Waals surface area contributed by atoms with Crippen molar-refractivity contribution in [3.05, 3.63) is 70.9 Å². The van der Waals surface area contributed by atoms with E-state index in [9.17, 15) is 9.59 Å². The molecular weight excluding hydrogens is 374 g/mol. The monoisotopic (exact) mass is 397 g/mol. The third-order valence-corrected chi connectivity index (χ3v) is 6.99. The number of rotatable bonds is 2. The first-order valence-corrected chi connectivity index (χ1v) is 10.6. The van der Waals surface area contributed by atoms with E-state index in [4.69, 9.17) is 0 Å². The van der Waals surface area contributed by atoms with Gasteiger partial charge in [-0.25, -0.2) is 0 Å². The molecule has 3 aromatic rings. The van der Waals surface area contributed by atoms with Gasteiger partial charge in [0.1, 0.15) is 0 Å². The maximum absolute atomic E-state index is 13.0. The molecule has 30 heavy (non-hydrogen) atoms. The van der Waals surface area contributed by atoms with E-state index in [-0.39, 0.29) is 11.8 Å². The second kappa shape index (κ2) is 6.33. The Labute approximate surface area is 174 Å². The molecule has 0 aliphatic carbocycles. The van der Waals surface area contributed by atoms with Gasteiger partial charge in [0, 0.05) is 35.9 Å². The smallest absolute Gasteiger partial charge is 0.235 e. The van der Waals surface area contributed by atoms with E-state index in [1.54, 1.807) is 0 Å². The van der Waals surface area contributed by atoms with Crippen molar-refractivity contribution in [2.45, 2.75) is 32.2 Å². The molecule has 1 saturated heterocycles. The second-order valence-electron chi connectivity index (χ2n) is 8.56. The van der Waals surface area contributed by atoms with E-state index in [0.29, 0.717) is 6.54 Å². The van der Waals surface area contributed by atoms with Gasteiger partial charge < -0.3 is 9.88 Å². The highest BCUT2D eigenvalue weighted by atomic mass is 16.2. The van der Waals surface area contributed by atoms with Crippen LogP contribution in [0.5, 0.6) is 0 Å². The van der Waals surface area contributed by atoms with Crippen molar-refractivity contribution in [3.63, 3.8) is 0 Å². The second-order valence-corrected chi connectivity index (χ2v) is 8.56. The molecule has 2 amide bonds. The topological polar surface area (TPSA) is 63.1 Å². The Hall–Kier alpha value is -3.34. The predicted molar refractivity (Wildman–Crippen MR) is 117 cm³/mol. The molecule has 5 nitrogen and oxygen atoms in total. The van der Waals surface area contributed by atoms with Crippen LogP contribution in [0.4, 0.5) is 5.69 Å². The number of carbonyl (C=O) groups excluding carboxylic acids is 2. The van der Waals surface area contributed by atoms with Gasteiger partial charge in [-0.1, -0.05) is 42.0 Å². The number of benzene rings is 2. The van der Waals surface area contributed by atoms with E-state index in [1.807, 2.05) is 19.1 Å². The van der Waals surface area contributed by atoms with Crippen molar-refractivity contribution in [3.8, 4) is 0 Å². The van der Waals surface area contributed by atoms with E-state index in [2.05, 4.69) is 51.7 Å². The first kappa shape index (κ1) is 17.5. The number of anilines is 1. The molecule has 3 aliphatic heterocycles. The van der Waals surface area contributed by atoms with E-state index in [0.717, 1.165) is 52.7 Å². The Kier molecular flexibility index (Phi) is 3.69. The minimum Gasteiger partial charge on any atom is -0.380 e. The zero-order valence-electron chi connectivity index (χ0n) is 16.9. The molecule has 0 spiro atoms. The van der Waals surface area contributed by atoms with Crippen molar-refractivity contribution in [1.29, 1.82) is 0 Å². The first-order chi connectivity index (χ1) is 14.6. The van der Waals surface area contributed by atoms with Gasteiger partial charge in [0.2, 0.25) is 11.8 Å². The zero-order valence-corrected chi connectivity index (χ0v) is 16.9. The number of nitrogens with one attached hydrogen (secondary N) is 2. The molecule has 4 heterocycles. The molecule has 1 fully saturated rings. The third kappa shape index (κ3) is 2.35. The highest BCUT2D eigenvalue weighted by Gasteiger charge is 2.46. The molecule has 5 heteroatoms. The average molecular weight is 397 g/mol. The fourth-order valence-electron chi connectivity index (χ4n) is 5.60. The Morgan fingerprint density at radius 3 is 2.83 bits per heavy atom. The van der Waals surface area contributed by atoms with Crippen LogP contribution in [0.3, 0.4) is 0 Å². The first-order valence-electron chi connectivity index (χ1n) is 10.6. The number of imide groups is 1. The van der Waals surface area contributed by atoms with Gasteiger partial charge in [-0.2, -0.15) is 0 Å². The summed E-state index contributed by atoms with van der Waals surface area (Å²) < 4.78 is 2.27. The van der Waals surface area contributed by atoms with Crippen LogP contribution in [0.25, 0.3) is 16.5 Å². The fraction of sp³-hybridized carbons (Fsp3) is 0.280. The highest BCUT2D eigenvalue weighted by Crippen LogP contribution is 2.44. The molecule has 2 aromatic carbocycles. The summed E-state index contributed by atoms with van der Waals surface area (Å²) in [7, 11) is 0. The minimum absolute atomic E-state index is 0.187. The largest absolute Gasteiger partial charge is 0.380 e. The van der Waals surface area contributed by atoms with Crippen LogP contribution in [0.2, 0.25) is 0 Å². The van der Waals surface area contributed by atoms with Crippen LogP contribution in [0, 0.1) is 5.92 Å². The summed E-state index contributed by atoms with van der Waals surface area (Å²) in [5.41, 5.74) is 7.84. The molecule has 0 bridgehead atoms. The number of fused-ring (bicyclic) bond motifs is 1. The van der Waals surface area contributed by atoms with Crippen molar-refractivity contribution in [2.75, 3.05) is 11.9 Å². The molecule has 150 valence electrons. The van der Waals surface area contributed by atoms with Gasteiger partial charge in [0.25, 0.3) is 0 Å². The van der Waals surface area contributed by atoms with Crippen LogP contribution in [-0.4, -0.2) is 22.9 Å². The summed E-state index contributed by atoms with van der Waals surface area (Å²) in [4.78, 5) is 26.0. The summed E-state index contributed by atoms with van der Waals surface area (Å²) in [5, 5.41) is 7.15. The number of nitrogens with zero attached hydrogens (tertiary/aromatic N) is 1. The number of carbonyl (C=O) groups is 2. The Morgan fingerprint density at radius 1 is 1.07 bits per heavy atom. The van der Waals surface area contributed by atoms with Crippen molar-refractivity contribution in [2.24, 2.45) is 5.92 Å². The summed E-state index contributed by atoms with van der Waals surface area (Å²) in [6, 6.07) is 14.5. The molecule has 2 atom stereocenters. The van der Waals surface area contributed by atoms with Crippen LogP contribution in [-0.2, 0) is 22.6 Å². The third-order valence-electron chi connectivity index (χ3n) is 6.99. The van der Waals surface area contributed by atoms with Gasteiger partial charge in [0.05, 0.1) is 17.4 Å². The van der Waals surface area contributed by atoms with Gasteiger partial charge in [0.15, 0.2) is 0 Å². The predicted octanol–water partition coefficient (Wildman–Crippen LogP) is 3.84. The highest BCUT2D eigenvalue weighted by molar-refractivity contribution is 6.11. The molecule has 6 rings (SSSR count). The fourth-order valence-corrected chi connectivity index (χ4v) is 5.60. The Bertz CT molecular complexity index is 1270. The number of hydrogen-bond donors (Lipinski definition) is 2. The SMILES string of the molecule is CC(=C1CNc2ccccc21)C1C(=O)NC(=O)C1c1cn2c3c(cccc13)CCC2. The lowest BCUT2D eigenvalue weighted by Gasteiger charge is -2.18. The number of hydrogen-bond acceptors (Lipinski definition) is 3. The lowest BCUT2D eigenvalue weighted by molar-refractivity contribution is -0.125. The lowest BCUT2D eigenvalue weighted by Crippen LogP contribution is -2.22. The average Bonchev–Trinajstić information content (AvgIpc) is 3.42. The normalized spacial score (nSPS) is 24.0. The zero-order chi connectivity index (χ0) is 20.4. The van der Waals surface area contributed by atoms with Crippen molar-refractivity contribution < 1.29 is 9.59 Å². The van der Waals surface area contributed by atoms with Gasteiger partial charge in [-0.15, -0.1) is 0 Å².